The van der Waals surface area contributed by atoms with Gasteiger partial charge in [-0.25, -0.2) is 0 Å². The first-order chi connectivity index (χ1) is 7.39. The molecule has 0 unspecified atom stereocenters. The van der Waals surface area contributed by atoms with Crippen molar-refractivity contribution in [1.82, 2.24) is 0 Å². The molecule has 0 bridgehead atoms. The number of ketones is 1. The van der Waals surface area contributed by atoms with Crippen LogP contribution in [-0.4, -0.2) is 23.7 Å². The smallest absolute Gasteiger partial charge is 0.291 e. The normalized spacial score (nSPS) is 19.9. The largest absolute Gasteiger partial charge is 0.450 e. The van der Waals surface area contributed by atoms with Crippen LogP contribution in [0.2, 0.25) is 0 Å². The van der Waals surface area contributed by atoms with Crippen LogP contribution in [0.1, 0.15) is 45.4 Å². The van der Waals surface area contributed by atoms with Gasteiger partial charge in [-0.05, 0) is 19.8 Å². The van der Waals surface area contributed by atoms with Crippen molar-refractivity contribution in [3.63, 3.8) is 0 Å². The number of Topliss-reactive ketones (excluding diaryl/α,β-unsaturated/α-hetero) is 1. The molecule has 0 N–H and O–H groups in total. The Morgan fingerprint density at radius 1 is 1.25 bits per heavy atom. The van der Waals surface area contributed by atoms with E-state index >= 15 is 0 Å². The summed E-state index contributed by atoms with van der Waals surface area (Å²) in [5.74, 6) is -1.70. The molecule has 1 aliphatic rings. The van der Waals surface area contributed by atoms with Gasteiger partial charge in [0.2, 0.25) is 5.78 Å². The average Bonchev–Trinajstić information content (AvgIpc) is 2.17. The van der Waals surface area contributed by atoms with E-state index < -0.39 is 18.4 Å². The number of hydrogen-bond acceptors (Lipinski definition) is 2. The van der Waals surface area contributed by atoms with E-state index in [9.17, 15) is 18.0 Å². The number of carbonyl (C=O) groups excluding carboxylic acids is 1. The van der Waals surface area contributed by atoms with Gasteiger partial charge in [0.05, 0.1) is 6.42 Å². The summed E-state index contributed by atoms with van der Waals surface area (Å²) in [5.41, 5.74) is 0.300. The Morgan fingerprint density at radius 2 is 1.81 bits per heavy atom. The maximum atomic E-state index is 12.0. The van der Waals surface area contributed by atoms with Gasteiger partial charge in [0, 0.05) is 11.8 Å². The fraction of sp³-hybridized carbons (Fsp3) is 0.818. The molecule has 1 aliphatic carbocycles. The quantitative estimate of drug-likeness (QED) is 0.690. The summed E-state index contributed by atoms with van der Waals surface area (Å²) in [6.45, 7) is 1.50. The molecule has 0 heterocycles. The van der Waals surface area contributed by atoms with E-state index in [0.717, 1.165) is 25.7 Å². The van der Waals surface area contributed by atoms with Crippen LogP contribution >= 0.6 is 0 Å². The zero-order chi connectivity index (χ0) is 12.2. The van der Waals surface area contributed by atoms with Crippen LogP contribution in [-0.2, 0) is 4.79 Å². The summed E-state index contributed by atoms with van der Waals surface area (Å²) in [6.07, 6.45) is -0.145. The molecule has 0 aromatic carbocycles. The first-order valence-electron chi connectivity index (χ1n) is 5.53. The highest BCUT2D eigenvalue weighted by molar-refractivity contribution is 6.03. The van der Waals surface area contributed by atoms with Crippen LogP contribution in [0.5, 0.6) is 0 Å². The van der Waals surface area contributed by atoms with E-state index in [4.69, 9.17) is 0 Å². The molecule has 1 saturated carbocycles. The first-order valence-corrected chi connectivity index (χ1v) is 5.53. The monoisotopic (exact) mass is 235 g/mol. The van der Waals surface area contributed by atoms with Crippen molar-refractivity contribution in [2.75, 3.05) is 0 Å². The Balaban J connectivity index is 2.47. The number of carbonyl (C=O) groups is 1. The topological polar surface area (TPSA) is 29.4 Å². The third-order valence-electron chi connectivity index (χ3n) is 2.71. The van der Waals surface area contributed by atoms with Crippen LogP contribution < -0.4 is 0 Å². The summed E-state index contributed by atoms with van der Waals surface area (Å²) in [6, 6.07) is 0.120. The van der Waals surface area contributed by atoms with E-state index in [1.54, 1.807) is 0 Å². The number of rotatable bonds is 3. The zero-order valence-electron chi connectivity index (χ0n) is 9.31. The molecule has 16 heavy (non-hydrogen) atoms. The van der Waals surface area contributed by atoms with E-state index in [1.807, 2.05) is 0 Å². The highest BCUT2D eigenvalue weighted by atomic mass is 19.4. The maximum Gasteiger partial charge on any atom is 0.450 e. The Morgan fingerprint density at radius 3 is 2.31 bits per heavy atom. The average molecular weight is 235 g/mol. The molecule has 0 spiro atoms. The van der Waals surface area contributed by atoms with Gasteiger partial charge in [0.1, 0.15) is 0 Å². The van der Waals surface area contributed by atoms with E-state index in [1.165, 1.54) is 13.3 Å². The maximum absolute atomic E-state index is 12.0. The van der Waals surface area contributed by atoms with Crippen LogP contribution in [0.25, 0.3) is 0 Å². The first kappa shape index (κ1) is 13.2. The minimum absolute atomic E-state index is 0.120. The molecule has 0 aromatic heterocycles. The lowest BCUT2D eigenvalue weighted by Crippen LogP contribution is -2.25. The Labute approximate surface area is 92.9 Å². The van der Waals surface area contributed by atoms with Gasteiger partial charge in [-0.3, -0.25) is 9.79 Å². The van der Waals surface area contributed by atoms with E-state index in [2.05, 4.69) is 4.99 Å². The van der Waals surface area contributed by atoms with Crippen molar-refractivity contribution >= 4 is 11.5 Å². The fourth-order valence-corrected chi connectivity index (χ4v) is 1.90. The summed E-state index contributed by atoms with van der Waals surface area (Å²) < 4.78 is 36.0. The molecular weight excluding hydrogens is 219 g/mol. The molecule has 5 heteroatoms. The van der Waals surface area contributed by atoms with Crippen LogP contribution in [0.3, 0.4) is 0 Å². The highest BCUT2D eigenvalue weighted by Crippen LogP contribution is 2.22. The van der Waals surface area contributed by atoms with Gasteiger partial charge in [-0.15, -0.1) is 0 Å². The predicted octanol–water partition coefficient (Wildman–Crippen LogP) is 3.30. The van der Waals surface area contributed by atoms with Crippen molar-refractivity contribution in [1.29, 1.82) is 0 Å². The number of halogens is 3. The number of nitrogens with zero attached hydrogens (tertiary/aromatic N) is 1. The van der Waals surface area contributed by atoms with Gasteiger partial charge in [0.25, 0.3) is 0 Å². The van der Waals surface area contributed by atoms with Crippen molar-refractivity contribution in [2.24, 2.45) is 4.99 Å². The van der Waals surface area contributed by atoms with Crippen molar-refractivity contribution in [3.8, 4) is 0 Å². The van der Waals surface area contributed by atoms with Crippen molar-refractivity contribution in [3.05, 3.63) is 0 Å². The second kappa shape index (κ2) is 5.46. The second-order valence-corrected chi connectivity index (χ2v) is 4.25. The Hall–Kier alpha value is -0.870. The van der Waals surface area contributed by atoms with Gasteiger partial charge >= 0.3 is 6.18 Å². The summed E-state index contributed by atoms with van der Waals surface area (Å²) in [4.78, 5) is 14.9. The van der Waals surface area contributed by atoms with Crippen LogP contribution in [0.15, 0.2) is 4.99 Å². The van der Waals surface area contributed by atoms with E-state index in [0.29, 0.717) is 5.71 Å². The molecule has 0 aromatic rings. The molecule has 0 amide bonds. The molecule has 0 atom stereocenters. The minimum Gasteiger partial charge on any atom is -0.291 e. The second-order valence-electron chi connectivity index (χ2n) is 4.25. The highest BCUT2D eigenvalue weighted by Gasteiger charge is 2.38. The fourth-order valence-electron chi connectivity index (χ4n) is 1.90. The molecule has 1 fully saturated rings. The summed E-state index contributed by atoms with van der Waals surface area (Å²) >= 11 is 0. The zero-order valence-corrected chi connectivity index (χ0v) is 9.31. The van der Waals surface area contributed by atoms with E-state index in [-0.39, 0.29) is 6.04 Å². The molecule has 0 saturated heterocycles. The third-order valence-corrected chi connectivity index (χ3v) is 2.71. The van der Waals surface area contributed by atoms with Crippen molar-refractivity contribution in [2.45, 2.75) is 57.7 Å². The summed E-state index contributed by atoms with van der Waals surface area (Å²) in [5, 5.41) is 0. The van der Waals surface area contributed by atoms with Crippen molar-refractivity contribution < 1.29 is 18.0 Å². The predicted molar refractivity (Wildman–Crippen MR) is 55.7 cm³/mol. The lowest BCUT2D eigenvalue weighted by molar-refractivity contribution is -0.169. The Kier molecular flexibility index (Phi) is 4.50. The standard InChI is InChI=1S/C11H16F3NO/c1-8(7-10(16)11(12,13)14)15-9-5-3-2-4-6-9/h9H,2-7H2,1H3. The lowest BCUT2D eigenvalue weighted by Gasteiger charge is -2.18. The number of aliphatic imine (C=N–C) groups is 1. The SMILES string of the molecule is CC(CC(=O)C(F)(F)F)=NC1CCCCC1. The van der Waals surface area contributed by atoms with Gasteiger partial charge in [-0.2, -0.15) is 13.2 Å². The minimum atomic E-state index is -4.73. The molecule has 1 rings (SSSR count). The molecule has 2 nitrogen and oxygen atoms in total. The lowest BCUT2D eigenvalue weighted by atomic mass is 9.96. The van der Waals surface area contributed by atoms with Gasteiger partial charge in [-0.1, -0.05) is 19.3 Å². The van der Waals surface area contributed by atoms with Crippen LogP contribution in [0, 0.1) is 0 Å². The van der Waals surface area contributed by atoms with Gasteiger partial charge in [0.15, 0.2) is 0 Å². The summed E-state index contributed by atoms with van der Waals surface area (Å²) in [7, 11) is 0. The number of hydrogen-bond donors (Lipinski definition) is 0. The molecule has 0 aliphatic heterocycles. The Bertz CT molecular complexity index is 277. The third kappa shape index (κ3) is 4.33. The van der Waals surface area contributed by atoms with Crippen LogP contribution in [0.4, 0.5) is 13.2 Å². The van der Waals surface area contributed by atoms with Gasteiger partial charge < -0.3 is 0 Å². The molecule has 92 valence electrons. The molecule has 0 radical (unpaired) electrons. The molecular formula is C11H16F3NO. The number of alkyl halides is 3.